The second-order valence-corrected chi connectivity index (χ2v) is 4.63. The molecule has 108 valence electrons. The average Bonchev–Trinajstić information content (AvgIpc) is 2.50. The van der Waals surface area contributed by atoms with Crippen molar-refractivity contribution in [3.05, 3.63) is 60.7 Å². The number of hydrogen-bond donors (Lipinski definition) is 2. The molecule has 0 aliphatic heterocycles. The van der Waals surface area contributed by atoms with Crippen molar-refractivity contribution < 1.29 is 9.53 Å². The normalized spacial score (nSPS) is 9.81. The van der Waals surface area contributed by atoms with Crippen LogP contribution in [-0.4, -0.2) is 13.0 Å². The molecule has 21 heavy (non-hydrogen) atoms. The van der Waals surface area contributed by atoms with E-state index in [1.807, 2.05) is 48.5 Å². The maximum Gasteiger partial charge on any atom is 0.250 e. The largest absolute Gasteiger partial charge is 0.497 e. The molecule has 0 bridgehead atoms. The molecule has 0 unspecified atom stereocenters. The van der Waals surface area contributed by atoms with E-state index in [4.69, 9.17) is 4.74 Å². The summed E-state index contributed by atoms with van der Waals surface area (Å²) >= 11 is 0. The summed E-state index contributed by atoms with van der Waals surface area (Å²) in [6.45, 7) is 5.31. The van der Waals surface area contributed by atoms with Crippen LogP contribution < -0.4 is 15.4 Å². The highest BCUT2D eigenvalue weighted by atomic mass is 16.5. The van der Waals surface area contributed by atoms with Gasteiger partial charge in [-0.1, -0.05) is 18.7 Å². The first kappa shape index (κ1) is 14.7. The zero-order valence-electron chi connectivity index (χ0n) is 12.1. The highest BCUT2D eigenvalue weighted by Gasteiger charge is 2.07. The number of nitrogens with one attached hydrogen (secondary N) is 2. The summed E-state index contributed by atoms with van der Waals surface area (Å²) in [5.74, 6) is 0.600. The average molecular weight is 282 g/mol. The zero-order chi connectivity index (χ0) is 15.2. The number of benzene rings is 2. The lowest BCUT2D eigenvalue weighted by Crippen LogP contribution is -2.13. The fourth-order valence-corrected chi connectivity index (χ4v) is 1.76. The van der Waals surface area contributed by atoms with Gasteiger partial charge in [0.25, 0.3) is 5.91 Å². The molecular formula is C17H18N2O2. The van der Waals surface area contributed by atoms with Gasteiger partial charge in [0.1, 0.15) is 5.75 Å². The monoisotopic (exact) mass is 282 g/mol. The van der Waals surface area contributed by atoms with Crippen LogP contribution in [0.1, 0.15) is 6.92 Å². The van der Waals surface area contributed by atoms with E-state index in [0.29, 0.717) is 11.3 Å². The van der Waals surface area contributed by atoms with Crippen molar-refractivity contribution in [3.8, 4) is 5.75 Å². The Balaban J connectivity index is 2.19. The minimum atomic E-state index is -0.195. The van der Waals surface area contributed by atoms with Gasteiger partial charge in [-0.25, -0.2) is 0 Å². The zero-order valence-corrected chi connectivity index (χ0v) is 12.1. The summed E-state index contributed by atoms with van der Waals surface area (Å²) in [5.41, 5.74) is 2.90. The second-order valence-electron chi connectivity index (χ2n) is 4.63. The third-order valence-electron chi connectivity index (χ3n) is 2.93. The molecule has 0 spiro atoms. The van der Waals surface area contributed by atoms with Crippen molar-refractivity contribution in [2.45, 2.75) is 6.92 Å². The molecule has 2 N–H and O–H groups in total. The topological polar surface area (TPSA) is 50.4 Å². The minimum absolute atomic E-state index is 0.195. The Morgan fingerprint density at radius 3 is 2.24 bits per heavy atom. The highest BCUT2D eigenvalue weighted by Crippen LogP contribution is 2.26. The van der Waals surface area contributed by atoms with Crippen molar-refractivity contribution >= 4 is 23.0 Å². The van der Waals surface area contributed by atoms with E-state index >= 15 is 0 Å². The molecule has 0 radical (unpaired) electrons. The van der Waals surface area contributed by atoms with E-state index in [0.717, 1.165) is 17.1 Å². The Morgan fingerprint density at radius 1 is 1.05 bits per heavy atom. The number of carbonyl (C=O) groups excluding carboxylic acids is 1. The Morgan fingerprint density at radius 2 is 1.67 bits per heavy atom. The smallest absolute Gasteiger partial charge is 0.250 e. The van der Waals surface area contributed by atoms with Gasteiger partial charge in [0.15, 0.2) is 0 Å². The number of amides is 1. The number of anilines is 3. The van der Waals surface area contributed by atoms with Gasteiger partial charge in [-0.15, -0.1) is 0 Å². The van der Waals surface area contributed by atoms with E-state index in [-0.39, 0.29) is 5.91 Å². The first-order valence-corrected chi connectivity index (χ1v) is 6.57. The molecule has 0 heterocycles. The van der Waals surface area contributed by atoms with Crippen LogP contribution in [0.4, 0.5) is 17.1 Å². The number of ether oxygens (including phenoxy) is 1. The van der Waals surface area contributed by atoms with Crippen LogP contribution in [0.2, 0.25) is 0 Å². The molecule has 0 saturated carbocycles. The van der Waals surface area contributed by atoms with Gasteiger partial charge in [0.2, 0.25) is 0 Å². The van der Waals surface area contributed by atoms with Crippen LogP contribution in [0.3, 0.4) is 0 Å². The molecule has 0 saturated heterocycles. The van der Waals surface area contributed by atoms with Gasteiger partial charge in [-0.05, 0) is 43.3 Å². The standard InChI is InChI=1S/C17H18N2O2/c1-12(2)17(20)19-16-7-5-4-6-15(16)18-13-8-10-14(21-3)11-9-13/h4-11,18H,1H2,2-3H3,(H,19,20). The molecule has 0 aromatic heterocycles. The number of methoxy groups -OCH3 is 1. The molecular weight excluding hydrogens is 264 g/mol. The Kier molecular flexibility index (Phi) is 4.61. The van der Waals surface area contributed by atoms with Gasteiger partial charge in [-0.3, -0.25) is 4.79 Å². The molecule has 0 atom stereocenters. The molecule has 2 aromatic carbocycles. The van der Waals surface area contributed by atoms with Crippen molar-refractivity contribution in [2.75, 3.05) is 17.7 Å². The lowest BCUT2D eigenvalue weighted by molar-refractivity contribution is -0.112. The minimum Gasteiger partial charge on any atom is -0.497 e. The number of hydrogen-bond acceptors (Lipinski definition) is 3. The van der Waals surface area contributed by atoms with E-state index in [1.54, 1.807) is 14.0 Å². The summed E-state index contributed by atoms with van der Waals surface area (Å²) in [6, 6.07) is 15.1. The predicted octanol–water partition coefficient (Wildman–Crippen LogP) is 3.95. The fourth-order valence-electron chi connectivity index (χ4n) is 1.76. The van der Waals surface area contributed by atoms with Gasteiger partial charge in [-0.2, -0.15) is 0 Å². The summed E-state index contributed by atoms with van der Waals surface area (Å²) < 4.78 is 5.13. The molecule has 2 rings (SSSR count). The van der Waals surface area contributed by atoms with Gasteiger partial charge in [0.05, 0.1) is 18.5 Å². The van der Waals surface area contributed by atoms with Crippen LogP contribution in [0.5, 0.6) is 5.75 Å². The number of para-hydroxylation sites is 2. The van der Waals surface area contributed by atoms with Crippen molar-refractivity contribution in [1.29, 1.82) is 0 Å². The van der Waals surface area contributed by atoms with E-state index < -0.39 is 0 Å². The summed E-state index contributed by atoms with van der Waals surface area (Å²) in [6.07, 6.45) is 0. The van der Waals surface area contributed by atoms with Crippen LogP contribution in [0.15, 0.2) is 60.7 Å². The first-order valence-electron chi connectivity index (χ1n) is 6.57. The van der Waals surface area contributed by atoms with E-state index in [9.17, 15) is 4.79 Å². The third-order valence-corrected chi connectivity index (χ3v) is 2.93. The SMILES string of the molecule is C=C(C)C(=O)Nc1ccccc1Nc1ccc(OC)cc1. The van der Waals surface area contributed by atoms with Crippen LogP contribution in [0.25, 0.3) is 0 Å². The van der Waals surface area contributed by atoms with Gasteiger partial charge < -0.3 is 15.4 Å². The second kappa shape index (κ2) is 6.61. The maximum absolute atomic E-state index is 11.7. The fraction of sp³-hybridized carbons (Fsp3) is 0.118. The number of rotatable bonds is 5. The molecule has 0 aliphatic rings. The van der Waals surface area contributed by atoms with Gasteiger partial charge in [0, 0.05) is 11.3 Å². The van der Waals surface area contributed by atoms with Crippen molar-refractivity contribution in [3.63, 3.8) is 0 Å². The van der Waals surface area contributed by atoms with Crippen LogP contribution in [0, 0.1) is 0 Å². The summed E-state index contributed by atoms with van der Waals surface area (Å²) in [5, 5.41) is 6.10. The molecule has 0 aliphatic carbocycles. The molecule has 1 amide bonds. The Hall–Kier alpha value is -2.75. The highest BCUT2D eigenvalue weighted by molar-refractivity contribution is 6.04. The van der Waals surface area contributed by atoms with Crippen LogP contribution in [-0.2, 0) is 4.79 Å². The number of carbonyl (C=O) groups is 1. The lowest BCUT2D eigenvalue weighted by atomic mass is 10.2. The van der Waals surface area contributed by atoms with Crippen molar-refractivity contribution in [1.82, 2.24) is 0 Å². The molecule has 0 fully saturated rings. The Labute approximate surface area is 124 Å². The first-order chi connectivity index (χ1) is 10.1. The predicted molar refractivity (Wildman–Crippen MR) is 86.2 cm³/mol. The van der Waals surface area contributed by atoms with E-state index in [1.165, 1.54) is 0 Å². The molecule has 4 nitrogen and oxygen atoms in total. The summed E-state index contributed by atoms with van der Waals surface area (Å²) in [4.78, 5) is 11.7. The Bertz CT molecular complexity index is 648. The molecule has 4 heteroatoms. The molecule has 2 aromatic rings. The summed E-state index contributed by atoms with van der Waals surface area (Å²) in [7, 11) is 1.63. The maximum atomic E-state index is 11.7. The van der Waals surface area contributed by atoms with Crippen LogP contribution >= 0.6 is 0 Å². The van der Waals surface area contributed by atoms with E-state index in [2.05, 4.69) is 17.2 Å². The quantitative estimate of drug-likeness (QED) is 0.816. The van der Waals surface area contributed by atoms with Crippen molar-refractivity contribution in [2.24, 2.45) is 0 Å². The third kappa shape index (κ3) is 3.86. The van der Waals surface area contributed by atoms with Gasteiger partial charge >= 0.3 is 0 Å². The lowest BCUT2D eigenvalue weighted by Gasteiger charge is -2.13.